The predicted octanol–water partition coefficient (Wildman–Crippen LogP) is 31.3. The van der Waals surface area contributed by atoms with Crippen LogP contribution in [0.1, 0.15) is 153 Å². The molecule has 3 aromatic heterocycles. The van der Waals surface area contributed by atoms with E-state index in [0.717, 1.165) is 23.6 Å². The van der Waals surface area contributed by atoms with Crippen LogP contribution < -0.4 is 0 Å². The second kappa shape index (κ2) is 30.7. The topological polar surface area (TPSA) is 87.2 Å². The van der Waals surface area contributed by atoms with E-state index in [-0.39, 0.29) is 134 Å². The molecule has 8 nitrogen and oxygen atoms in total. The number of hydrogen-bond donors (Lipinski definition) is 0. The van der Waals surface area contributed by atoms with Crippen molar-refractivity contribution in [2.75, 3.05) is 0 Å². The number of nitrogens with zero attached hydrogens (tertiary/aromatic N) is 8. The van der Waals surface area contributed by atoms with Crippen LogP contribution in [0.15, 0.2) is 182 Å². The van der Waals surface area contributed by atoms with Crippen LogP contribution >= 0.6 is 0 Å². The lowest BCUT2D eigenvalue weighted by Crippen LogP contribution is -2.20. The summed E-state index contributed by atoms with van der Waals surface area (Å²) < 4.78 is 345. The molecule has 1 atom stereocenters. The Morgan fingerprint density at radius 2 is 0.752 bits per heavy atom. The zero-order valence-electron chi connectivity index (χ0n) is 72.0. The summed E-state index contributed by atoms with van der Waals surface area (Å²) in [6, 6.07) is 28.2. The lowest BCUT2D eigenvalue weighted by atomic mass is 9.83. The average Bonchev–Trinajstić information content (AvgIpc) is 1.55. The molecular formula is C99H80F22N8. The minimum atomic E-state index is -5.56. The number of halogens is 22. The Hall–Kier alpha value is -12.2. The van der Waals surface area contributed by atoms with Gasteiger partial charge in [0, 0.05) is 80.7 Å². The fraction of sp³-hybridized carbons (Fsp3) is 0.293. The van der Waals surface area contributed by atoms with Crippen LogP contribution in [-0.2, 0) is 61.0 Å². The first-order valence-electron chi connectivity index (χ1n) is 40.5. The number of aromatic nitrogens is 8. The molecule has 1 unspecified atom stereocenters. The van der Waals surface area contributed by atoms with Crippen LogP contribution in [-0.4, -0.2) is 63.7 Å². The zero-order valence-corrected chi connectivity index (χ0v) is 72.0. The minimum Gasteiger partial charge on any atom is -0.313 e. The van der Waals surface area contributed by atoms with Gasteiger partial charge in [-0.2, -0.15) is 92.2 Å². The molecule has 2 aliphatic heterocycles. The number of fused-ring (bicyclic) bond motifs is 24. The van der Waals surface area contributed by atoms with Crippen LogP contribution in [0.3, 0.4) is 0 Å². The van der Waals surface area contributed by atoms with E-state index in [1.54, 1.807) is 69.3 Å². The molecule has 0 fully saturated rings. The molecular weight excluding hydrogens is 1720 g/mol. The summed E-state index contributed by atoms with van der Waals surface area (Å²) in [5.74, 6) is -4.92. The molecule has 30 heteroatoms. The molecule has 5 heterocycles. The minimum absolute atomic E-state index is 0.00748. The quantitative estimate of drug-likeness (QED) is 0.106. The number of alkyl halides is 22. The van der Waals surface area contributed by atoms with Crippen LogP contribution in [0.2, 0.25) is 0 Å². The predicted molar refractivity (Wildman–Crippen MR) is 462 cm³/mol. The van der Waals surface area contributed by atoms with Crippen LogP contribution in [0.5, 0.6) is 0 Å². The molecule has 0 saturated carbocycles. The van der Waals surface area contributed by atoms with Crippen molar-refractivity contribution < 1.29 is 96.6 Å². The molecule has 8 bridgehead atoms. The standard InChI is InChI=1S/C99H80F22N8/c1-18-56(95(107,108)109)38-55(44-93(101,102)103)76-68-26-22-60(92(13,14)15)34-52(68)42-72-80(76)88-127-83-77-69(39-49-31-57(89(4,5)6)19-23-65(49)73(77)46(2)27-61(96(110,111)112)28-47(3)94(104,105)106)81(122-83)124-85-71-41-51-33-59(91(10,11)12)21-25-67(51)75(54-36-63(98(116,117)118)43-64(37-54)99(119,120)121)79(71)87(128(85)16)125-82-70-40-50-32-58(90(7,8)9)20-24-66(50)74(78(70)84(123-82)126-86(72)129(88)17)53-29-48(45-100)30-62(35-53)97(113,114)115/h18-44,47H,1,45H2,2-17H3/b46-27+,55-44+,56-38+,61-28+,124-81?,124-85?,125-82?,125-87?,126-84?,126-86?,127-83?,127-88?. The van der Waals surface area contributed by atoms with Crippen LogP contribution in [0.25, 0.3) is 166 Å². The van der Waals surface area contributed by atoms with Crippen molar-refractivity contribution in [3.05, 3.63) is 237 Å². The van der Waals surface area contributed by atoms with Gasteiger partial charge in [-0.05, 0) is 200 Å². The van der Waals surface area contributed by atoms with Crippen LogP contribution in [0, 0.1) is 5.92 Å². The fourth-order valence-corrected chi connectivity index (χ4v) is 16.9. The molecule has 670 valence electrons. The molecule has 0 radical (unpaired) electrons. The highest BCUT2D eigenvalue weighted by Gasteiger charge is 2.43. The van der Waals surface area contributed by atoms with Gasteiger partial charge in [0.1, 0.15) is 29.3 Å². The summed E-state index contributed by atoms with van der Waals surface area (Å²) in [5, 5.41) is -0.621. The summed E-state index contributed by atoms with van der Waals surface area (Å²) >= 11 is 0. The highest BCUT2D eigenvalue weighted by atomic mass is 19.4. The molecule has 0 amide bonds. The van der Waals surface area contributed by atoms with E-state index >= 15 is 83.4 Å². The molecule has 13 aromatic rings. The molecule has 0 aliphatic carbocycles. The summed E-state index contributed by atoms with van der Waals surface area (Å²) in [6.45, 7) is 25.3. The van der Waals surface area contributed by atoms with Crippen molar-refractivity contribution in [3.63, 3.8) is 0 Å². The first-order chi connectivity index (χ1) is 59.4. The van der Waals surface area contributed by atoms with Gasteiger partial charge in [0.2, 0.25) is 0 Å². The lowest BCUT2D eigenvalue weighted by molar-refractivity contribution is -0.157. The first kappa shape index (κ1) is 91.5. The molecule has 129 heavy (non-hydrogen) atoms. The number of benzene rings is 10. The maximum absolute atomic E-state index is 16.0. The van der Waals surface area contributed by atoms with Gasteiger partial charge in [0.05, 0.1) is 33.8 Å². The van der Waals surface area contributed by atoms with Crippen molar-refractivity contribution in [1.29, 1.82) is 0 Å². The van der Waals surface area contributed by atoms with Gasteiger partial charge in [-0.15, -0.1) is 0 Å². The maximum atomic E-state index is 16.0. The van der Waals surface area contributed by atoms with Gasteiger partial charge in [0.25, 0.3) is 0 Å². The normalized spacial score (nSPS) is 14.5. The third-order valence-electron chi connectivity index (χ3n) is 23.6. The van der Waals surface area contributed by atoms with E-state index in [0.29, 0.717) is 53.5 Å². The van der Waals surface area contributed by atoms with Crippen LogP contribution in [0.4, 0.5) is 96.6 Å². The van der Waals surface area contributed by atoms with Gasteiger partial charge in [-0.3, -0.25) is 0 Å². The lowest BCUT2D eigenvalue weighted by Gasteiger charge is -2.21. The number of aryl methyl sites for hydroxylation is 2. The number of hydrogen-bond acceptors (Lipinski definition) is 6. The van der Waals surface area contributed by atoms with Gasteiger partial charge in [-0.25, -0.2) is 34.3 Å². The second-order valence-corrected chi connectivity index (χ2v) is 36.9. The van der Waals surface area contributed by atoms with E-state index in [9.17, 15) is 13.2 Å². The largest absolute Gasteiger partial charge is 0.416 e. The Balaban J connectivity index is 1.31. The molecule has 0 spiro atoms. The highest BCUT2D eigenvalue weighted by molar-refractivity contribution is 6.24. The van der Waals surface area contributed by atoms with Gasteiger partial charge in [0.15, 0.2) is 23.3 Å². The van der Waals surface area contributed by atoms with E-state index in [2.05, 4.69) is 6.58 Å². The van der Waals surface area contributed by atoms with Crippen molar-refractivity contribution in [2.24, 2.45) is 20.0 Å². The SMILES string of the molecule is C=C/C(=C\C(=C/C(F)(F)F)c1c2ccc(C(C)(C)C)cc2cc2c1c1nc3nc(nc4c5cc6cc(C(C)(C)C)ccc6c(-c6cc(C(F)(F)F)cc(C(F)(F)F)c6)c5c(nc5nc(nc2n1C)-c1c-5cc2cc(C(C)(C)C)ccc2c1-c1cc(CF)cc(C(F)(F)F)c1)n4C)-c1cc2cc(C(C)(C)C)ccc2c(/C(C)=C/C(=C\C(C)C(F)(F)F)C(F)(F)F)c1-3)C(F)(F)F. The Labute approximate surface area is 724 Å². The Morgan fingerprint density at radius 1 is 0.372 bits per heavy atom. The van der Waals surface area contributed by atoms with E-state index < -0.39 is 185 Å². The van der Waals surface area contributed by atoms with Crippen molar-refractivity contribution in [3.8, 4) is 67.8 Å². The van der Waals surface area contributed by atoms with E-state index in [1.165, 1.54) is 67.2 Å². The third-order valence-corrected chi connectivity index (χ3v) is 23.6. The van der Waals surface area contributed by atoms with Gasteiger partial charge >= 0.3 is 43.2 Å². The zero-order chi connectivity index (χ0) is 94.5. The molecule has 10 aromatic carbocycles. The molecule has 15 rings (SSSR count). The highest BCUT2D eigenvalue weighted by Crippen LogP contribution is 2.54. The molecule has 0 N–H and O–H groups in total. The third kappa shape index (κ3) is 17.0. The van der Waals surface area contributed by atoms with Gasteiger partial charge < -0.3 is 9.13 Å². The average molecular weight is 1800 g/mol. The first-order valence-corrected chi connectivity index (χ1v) is 40.5. The summed E-state index contributed by atoms with van der Waals surface area (Å²) in [6.07, 6.45) is -37.5. The monoisotopic (exact) mass is 1800 g/mol. The summed E-state index contributed by atoms with van der Waals surface area (Å²) in [4.78, 5) is 31.7. The Bertz CT molecular complexity index is 7230. The summed E-state index contributed by atoms with van der Waals surface area (Å²) in [7, 11) is 2.60. The van der Waals surface area contributed by atoms with E-state index in [4.69, 9.17) is 29.9 Å². The van der Waals surface area contributed by atoms with E-state index in [1.807, 2.05) is 62.3 Å². The van der Waals surface area contributed by atoms with Crippen molar-refractivity contribution in [2.45, 2.75) is 169 Å². The fourth-order valence-electron chi connectivity index (χ4n) is 16.9. The Kier molecular flexibility index (Phi) is 21.8. The second-order valence-electron chi connectivity index (χ2n) is 36.9. The van der Waals surface area contributed by atoms with Crippen molar-refractivity contribution >= 4 is 98.4 Å². The number of rotatable bonds is 9. The number of allylic oxidation sites excluding steroid dienone is 9. The van der Waals surface area contributed by atoms with Crippen molar-refractivity contribution in [1.82, 2.24) is 39.0 Å². The maximum Gasteiger partial charge on any atom is 0.416 e. The molecule has 2 aliphatic rings. The molecule has 0 saturated heterocycles. The Morgan fingerprint density at radius 3 is 1.19 bits per heavy atom. The smallest absolute Gasteiger partial charge is 0.313 e. The van der Waals surface area contributed by atoms with Gasteiger partial charge in [-0.1, -0.05) is 182 Å². The summed E-state index contributed by atoms with van der Waals surface area (Å²) in [5.41, 5.74) is -16.5.